The highest BCUT2D eigenvalue weighted by Gasteiger charge is 2.18. The lowest BCUT2D eigenvalue weighted by atomic mass is 10.2. The number of rotatable bonds is 7. The van der Waals surface area contributed by atoms with Gasteiger partial charge in [-0.3, -0.25) is 0 Å². The Morgan fingerprint density at radius 1 is 0.781 bits per heavy atom. The van der Waals surface area contributed by atoms with Crippen molar-refractivity contribution in [2.45, 2.75) is 19.6 Å². The summed E-state index contributed by atoms with van der Waals surface area (Å²) in [6.45, 7) is 1.24. The van der Waals surface area contributed by atoms with Crippen LogP contribution in [0.3, 0.4) is 0 Å². The van der Waals surface area contributed by atoms with E-state index in [-0.39, 0.29) is 11.5 Å². The van der Waals surface area contributed by atoms with Gasteiger partial charge in [-0.25, -0.2) is 13.6 Å². The maximum atomic E-state index is 14.1. The van der Waals surface area contributed by atoms with Gasteiger partial charge < -0.3 is 14.8 Å². The molecule has 0 fully saturated rings. The number of anilines is 1. The van der Waals surface area contributed by atoms with Crippen LogP contribution in [0.2, 0.25) is 0 Å². The molecule has 0 saturated carbocycles. The predicted molar refractivity (Wildman–Crippen MR) is 121 cm³/mol. The second-order valence-corrected chi connectivity index (χ2v) is 7.51. The molecule has 0 aliphatic rings. The van der Waals surface area contributed by atoms with E-state index < -0.39 is 11.8 Å². The van der Waals surface area contributed by atoms with E-state index >= 15 is 0 Å². The molecule has 4 rings (SSSR count). The highest BCUT2D eigenvalue weighted by atomic mass is 19.1. The zero-order valence-corrected chi connectivity index (χ0v) is 17.4. The van der Waals surface area contributed by atoms with Crippen molar-refractivity contribution in [3.63, 3.8) is 0 Å². The summed E-state index contributed by atoms with van der Waals surface area (Å²) in [4.78, 5) is 14.7. The third kappa shape index (κ3) is 5.40. The third-order valence-electron chi connectivity index (χ3n) is 5.16. The number of carbonyl (C=O) groups is 1. The van der Waals surface area contributed by atoms with Crippen LogP contribution in [0.25, 0.3) is 0 Å². The number of benzene rings is 3. The SMILES string of the molecule is O=C(Nc1ccccc1F)N(Cc1ccccc1)Cc1cccn1Cc1ccc(F)cc1. The number of hydrogen-bond donors (Lipinski definition) is 1. The van der Waals surface area contributed by atoms with Crippen molar-refractivity contribution in [3.8, 4) is 0 Å². The van der Waals surface area contributed by atoms with E-state index in [0.29, 0.717) is 19.6 Å². The van der Waals surface area contributed by atoms with Crippen LogP contribution < -0.4 is 5.32 Å². The number of amides is 2. The topological polar surface area (TPSA) is 37.3 Å². The summed E-state index contributed by atoms with van der Waals surface area (Å²) < 4.78 is 29.3. The molecule has 1 aromatic heterocycles. The number of hydrogen-bond acceptors (Lipinski definition) is 1. The smallest absolute Gasteiger partial charge is 0.322 e. The molecule has 4 aromatic rings. The Bertz CT molecular complexity index is 1170. The maximum absolute atomic E-state index is 14.1. The molecule has 0 saturated heterocycles. The molecule has 0 aliphatic heterocycles. The van der Waals surface area contributed by atoms with Crippen molar-refractivity contribution in [2.75, 3.05) is 5.32 Å². The van der Waals surface area contributed by atoms with Crippen LogP contribution in [0, 0.1) is 11.6 Å². The highest BCUT2D eigenvalue weighted by Crippen LogP contribution is 2.17. The van der Waals surface area contributed by atoms with E-state index in [2.05, 4.69) is 5.32 Å². The van der Waals surface area contributed by atoms with Gasteiger partial charge in [-0.2, -0.15) is 0 Å². The Kier molecular flexibility index (Phi) is 6.60. The largest absolute Gasteiger partial charge is 0.345 e. The first kappa shape index (κ1) is 21.3. The van der Waals surface area contributed by atoms with E-state index in [9.17, 15) is 13.6 Å². The molecule has 2 amide bonds. The van der Waals surface area contributed by atoms with Crippen molar-refractivity contribution in [2.24, 2.45) is 0 Å². The van der Waals surface area contributed by atoms with Gasteiger partial charge in [-0.1, -0.05) is 54.6 Å². The monoisotopic (exact) mass is 431 g/mol. The minimum absolute atomic E-state index is 0.136. The summed E-state index contributed by atoms with van der Waals surface area (Å²) in [5.41, 5.74) is 2.97. The molecule has 0 unspecified atom stereocenters. The minimum Gasteiger partial charge on any atom is -0.345 e. The number of carbonyl (C=O) groups excluding carboxylic acids is 1. The van der Waals surface area contributed by atoms with E-state index in [4.69, 9.17) is 0 Å². The van der Waals surface area contributed by atoms with Crippen LogP contribution in [-0.2, 0) is 19.6 Å². The standard InChI is InChI=1S/C26H23F2N3O/c27-22-14-12-21(13-15-22)17-30-16-6-9-23(30)19-31(18-20-7-2-1-3-8-20)26(32)29-25-11-5-4-10-24(25)28/h1-16H,17-19H2,(H,29,32). The number of urea groups is 1. The molecule has 1 N–H and O–H groups in total. The molecule has 1 heterocycles. The number of para-hydroxylation sites is 1. The number of halogens is 2. The molecule has 0 radical (unpaired) electrons. The van der Waals surface area contributed by atoms with Gasteiger partial charge in [0.1, 0.15) is 11.6 Å². The number of nitrogens with zero attached hydrogens (tertiary/aromatic N) is 2. The summed E-state index contributed by atoms with van der Waals surface area (Å²) in [5, 5.41) is 2.68. The molecule has 3 aromatic carbocycles. The Labute approximate surface area is 185 Å². The van der Waals surface area contributed by atoms with Crippen LogP contribution in [0.4, 0.5) is 19.3 Å². The lowest BCUT2D eigenvalue weighted by Gasteiger charge is -2.24. The van der Waals surface area contributed by atoms with Crippen molar-refractivity contribution in [1.82, 2.24) is 9.47 Å². The predicted octanol–water partition coefficient (Wildman–Crippen LogP) is 6.05. The summed E-state index contributed by atoms with van der Waals surface area (Å²) in [5.74, 6) is -0.763. The second kappa shape index (κ2) is 9.92. The fraction of sp³-hybridized carbons (Fsp3) is 0.115. The molecule has 0 bridgehead atoms. The van der Waals surface area contributed by atoms with Gasteiger partial charge in [0.2, 0.25) is 0 Å². The van der Waals surface area contributed by atoms with Crippen LogP contribution in [0.15, 0.2) is 97.2 Å². The third-order valence-corrected chi connectivity index (χ3v) is 5.16. The lowest BCUT2D eigenvalue weighted by Crippen LogP contribution is -2.35. The van der Waals surface area contributed by atoms with Gasteiger partial charge >= 0.3 is 6.03 Å². The van der Waals surface area contributed by atoms with Crippen molar-refractivity contribution in [3.05, 3.63) is 126 Å². The average molecular weight is 431 g/mol. The lowest BCUT2D eigenvalue weighted by molar-refractivity contribution is 0.205. The fourth-order valence-corrected chi connectivity index (χ4v) is 3.49. The number of aromatic nitrogens is 1. The zero-order chi connectivity index (χ0) is 22.3. The molecular weight excluding hydrogens is 408 g/mol. The van der Waals surface area contributed by atoms with Crippen molar-refractivity contribution in [1.29, 1.82) is 0 Å². The molecule has 4 nitrogen and oxygen atoms in total. The molecule has 6 heteroatoms. The van der Waals surface area contributed by atoms with Crippen LogP contribution in [-0.4, -0.2) is 15.5 Å². The van der Waals surface area contributed by atoms with Gasteiger partial charge in [0.15, 0.2) is 0 Å². The first-order valence-electron chi connectivity index (χ1n) is 10.3. The zero-order valence-electron chi connectivity index (χ0n) is 17.4. The highest BCUT2D eigenvalue weighted by molar-refractivity contribution is 5.89. The van der Waals surface area contributed by atoms with Crippen LogP contribution >= 0.6 is 0 Å². The van der Waals surface area contributed by atoms with Crippen molar-refractivity contribution < 1.29 is 13.6 Å². The Balaban J connectivity index is 1.55. The van der Waals surface area contributed by atoms with Crippen LogP contribution in [0.5, 0.6) is 0 Å². The van der Waals surface area contributed by atoms with E-state index in [1.165, 1.54) is 24.3 Å². The number of nitrogens with one attached hydrogen (secondary N) is 1. The fourth-order valence-electron chi connectivity index (χ4n) is 3.49. The van der Waals surface area contributed by atoms with E-state index in [0.717, 1.165) is 16.8 Å². The van der Waals surface area contributed by atoms with E-state index in [1.54, 1.807) is 29.2 Å². The van der Waals surface area contributed by atoms with E-state index in [1.807, 2.05) is 53.2 Å². The summed E-state index contributed by atoms with van der Waals surface area (Å²) in [7, 11) is 0. The Hall–Kier alpha value is -3.93. The van der Waals surface area contributed by atoms with Crippen LogP contribution in [0.1, 0.15) is 16.8 Å². The summed E-state index contributed by atoms with van der Waals surface area (Å²) >= 11 is 0. The normalized spacial score (nSPS) is 10.7. The van der Waals surface area contributed by atoms with Gasteiger partial charge in [-0.05, 0) is 47.5 Å². The molecule has 0 spiro atoms. The maximum Gasteiger partial charge on any atom is 0.322 e. The van der Waals surface area contributed by atoms with Gasteiger partial charge in [0, 0.05) is 25.0 Å². The van der Waals surface area contributed by atoms with Crippen molar-refractivity contribution >= 4 is 11.7 Å². The molecular formula is C26H23F2N3O. The Morgan fingerprint density at radius 3 is 2.25 bits per heavy atom. The molecule has 0 atom stereocenters. The van der Waals surface area contributed by atoms with Gasteiger partial charge in [-0.15, -0.1) is 0 Å². The molecule has 0 aliphatic carbocycles. The summed E-state index contributed by atoms with van der Waals surface area (Å²) in [6, 6.07) is 25.5. The molecule has 32 heavy (non-hydrogen) atoms. The second-order valence-electron chi connectivity index (χ2n) is 7.51. The summed E-state index contributed by atoms with van der Waals surface area (Å²) in [6.07, 6.45) is 1.92. The first-order valence-corrected chi connectivity index (χ1v) is 10.3. The average Bonchev–Trinajstić information content (AvgIpc) is 3.23. The Morgan fingerprint density at radius 2 is 1.50 bits per heavy atom. The molecule has 162 valence electrons. The van der Waals surface area contributed by atoms with Gasteiger partial charge in [0.05, 0.1) is 12.2 Å². The van der Waals surface area contributed by atoms with Gasteiger partial charge in [0.25, 0.3) is 0 Å². The minimum atomic E-state index is -0.486. The first-order chi connectivity index (χ1) is 15.6. The quantitative estimate of drug-likeness (QED) is 0.380.